The van der Waals surface area contributed by atoms with Crippen LogP contribution < -0.4 is 5.32 Å². The molecule has 1 fully saturated rings. The third-order valence-electron chi connectivity index (χ3n) is 5.25. The van der Waals surface area contributed by atoms with Crippen LogP contribution in [-0.4, -0.2) is 35.8 Å². The van der Waals surface area contributed by atoms with E-state index in [1.165, 1.54) is 11.1 Å². The van der Waals surface area contributed by atoms with E-state index < -0.39 is 0 Å². The lowest BCUT2D eigenvalue weighted by molar-refractivity contribution is -0.140. The van der Waals surface area contributed by atoms with Gasteiger partial charge in [0.25, 0.3) is 0 Å². The molecule has 0 atom stereocenters. The molecule has 1 aliphatic heterocycles. The quantitative estimate of drug-likeness (QED) is 0.866. The second-order valence-electron chi connectivity index (χ2n) is 9.83. The summed E-state index contributed by atoms with van der Waals surface area (Å²) >= 11 is 0. The van der Waals surface area contributed by atoms with Crippen molar-refractivity contribution in [1.29, 1.82) is 0 Å². The van der Waals surface area contributed by atoms with Gasteiger partial charge in [0.2, 0.25) is 11.8 Å². The lowest BCUT2D eigenvalue weighted by Gasteiger charge is -2.36. The fraction of sp³-hybridized carbons (Fsp3) is 0.652. The van der Waals surface area contributed by atoms with Gasteiger partial charge >= 0.3 is 0 Å². The minimum absolute atomic E-state index is 0.107. The number of hydrogen-bond acceptors (Lipinski definition) is 2. The maximum Gasteiger partial charge on any atom is 0.227 e. The predicted octanol–water partition coefficient (Wildman–Crippen LogP) is 4.07. The Labute approximate surface area is 164 Å². The standard InChI is InChI=1S/C23H36N2O2/c1-22(2,3)18-10-7-17(8-11-18)9-12-20(26)24-19-13-15-25(16-14-19)21(27)23(4,5)6/h7-8,10-11,19H,9,12-16H2,1-6H3,(H,24,26). The predicted molar refractivity (Wildman–Crippen MR) is 111 cm³/mol. The molecular weight excluding hydrogens is 336 g/mol. The van der Waals surface area contributed by atoms with E-state index in [1.807, 2.05) is 25.7 Å². The zero-order chi connectivity index (χ0) is 20.2. The SMILES string of the molecule is CC(C)(C)C(=O)N1CCC(NC(=O)CCc2ccc(C(C)(C)C)cc2)CC1. The second-order valence-corrected chi connectivity index (χ2v) is 9.83. The molecule has 1 N–H and O–H groups in total. The summed E-state index contributed by atoms with van der Waals surface area (Å²) in [5, 5.41) is 3.15. The van der Waals surface area contributed by atoms with Crippen molar-refractivity contribution in [2.24, 2.45) is 5.41 Å². The Balaban J connectivity index is 1.75. The molecule has 0 unspecified atom stereocenters. The molecule has 4 nitrogen and oxygen atoms in total. The molecule has 0 saturated carbocycles. The van der Waals surface area contributed by atoms with Crippen LogP contribution in [0.3, 0.4) is 0 Å². The van der Waals surface area contributed by atoms with Crippen LogP contribution in [0.4, 0.5) is 0 Å². The van der Waals surface area contributed by atoms with Crippen LogP contribution in [0.15, 0.2) is 24.3 Å². The van der Waals surface area contributed by atoms with Gasteiger partial charge in [-0.3, -0.25) is 9.59 Å². The Hall–Kier alpha value is -1.84. The van der Waals surface area contributed by atoms with Crippen LogP contribution in [0.5, 0.6) is 0 Å². The van der Waals surface area contributed by atoms with E-state index in [9.17, 15) is 9.59 Å². The van der Waals surface area contributed by atoms with Crippen molar-refractivity contribution in [1.82, 2.24) is 10.2 Å². The minimum Gasteiger partial charge on any atom is -0.353 e. The molecule has 27 heavy (non-hydrogen) atoms. The summed E-state index contributed by atoms with van der Waals surface area (Å²) in [6.45, 7) is 13.9. The Bertz CT molecular complexity index is 642. The van der Waals surface area contributed by atoms with Gasteiger partial charge in [0.15, 0.2) is 0 Å². The molecule has 1 aromatic carbocycles. The summed E-state index contributed by atoms with van der Waals surface area (Å²) in [6, 6.07) is 8.77. The van der Waals surface area contributed by atoms with Crippen LogP contribution >= 0.6 is 0 Å². The molecule has 0 radical (unpaired) electrons. The van der Waals surface area contributed by atoms with Crippen molar-refractivity contribution in [3.05, 3.63) is 35.4 Å². The smallest absolute Gasteiger partial charge is 0.227 e. The fourth-order valence-corrected chi connectivity index (χ4v) is 3.43. The van der Waals surface area contributed by atoms with Crippen molar-refractivity contribution in [3.63, 3.8) is 0 Å². The molecule has 1 heterocycles. The molecule has 2 rings (SSSR count). The maximum atomic E-state index is 12.3. The summed E-state index contributed by atoms with van der Waals surface area (Å²) in [7, 11) is 0. The number of likely N-dealkylation sites (tertiary alicyclic amines) is 1. The first-order valence-corrected chi connectivity index (χ1v) is 10.1. The molecule has 0 spiro atoms. The number of aryl methyl sites for hydroxylation is 1. The van der Waals surface area contributed by atoms with Gasteiger partial charge in [-0.15, -0.1) is 0 Å². The normalized spacial score (nSPS) is 16.3. The van der Waals surface area contributed by atoms with Crippen molar-refractivity contribution >= 4 is 11.8 Å². The fourth-order valence-electron chi connectivity index (χ4n) is 3.43. The molecular formula is C23H36N2O2. The minimum atomic E-state index is -0.335. The lowest BCUT2D eigenvalue weighted by atomic mass is 9.86. The van der Waals surface area contributed by atoms with E-state index in [2.05, 4.69) is 50.4 Å². The van der Waals surface area contributed by atoms with Gasteiger partial charge in [-0.1, -0.05) is 65.8 Å². The van der Waals surface area contributed by atoms with Crippen molar-refractivity contribution in [2.45, 2.75) is 78.7 Å². The Kier molecular flexibility index (Phi) is 6.72. The van der Waals surface area contributed by atoms with Gasteiger partial charge in [0.05, 0.1) is 0 Å². The molecule has 0 aromatic heterocycles. The number of hydrogen-bond donors (Lipinski definition) is 1. The van der Waals surface area contributed by atoms with Crippen molar-refractivity contribution in [3.8, 4) is 0 Å². The monoisotopic (exact) mass is 372 g/mol. The molecule has 0 bridgehead atoms. The van der Waals surface area contributed by atoms with Gasteiger partial charge in [0.1, 0.15) is 0 Å². The van der Waals surface area contributed by atoms with E-state index in [0.717, 1.165) is 32.4 Å². The zero-order valence-electron chi connectivity index (χ0n) is 17.9. The third-order valence-corrected chi connectivity index (χ3v) is 5.25. The molecule has 1 saturated heterocycles. The Morgan fingerprint density at radius 2 is 1.56 bits per heavy atom. The lowest BCUT2D eigenvalue weighted by Crippen LogP contribution is -2.49. The highest BCUT2D eigenvalue weighted by Crippen LogP contribution is 2.23. The van der Waals surface area contributed by atoms with E-state index in [0.29, 0.717) is 6.42 Å². The number of carbonyl (C=O) groups is 2. The molecule has 150 valence electrons. The maximum absolute atomic E-state index is 12.3. The number of amides is 2. The van der Waals surface area contributed by atoms with Crippen LogP contribution in [-0.2, 0) is 21.4 Å². The number of nitrogens with zero attached hydrogens (tertiary/aromatic N) is 1. The van der Waals surface area contributed by atoms with Crippen LogP contribution in [0.1, 0.15) is 71.9 Å². The van der Waals surface area contributed by atoms with Crippen LogP contribution in [0.2, 0.25) is 0 Å². The third kappa shape index (κ3) is 6.37. The van der Waals surface area contributed by atoms with Gasteiger partial charge in [-0.25, -0.2) is 0 Å². The van der Waals surface area contributed by atoms with Gasteiger partial charge in [-0.05, 0) is 35.8 Å². The molecule has 1 aliphatic rings. The zero-order valence-corrected chi connectivity index (χ0v) is 17.9. The summed E-state index contributed by atoms with van der Waals surface area (Å²) in [4.78, 5) is 26.6. The first-order chi connectivity index (χ1) is 12.5. The van der Waals surface area contributed by atoms with E-state index in [4.69, 9.17) is 0 Å². The first-order valence-electron chi connectivity index (χ1n) is 10.1. The highest BCUT2D eigenvalue weighted by Gasteiger charge is 2.30. The summed E-state index contributed by atoms with van der Waals surface area (Å²) in [5.74, 6) is 0.307. The number of carbonyl (C=O) groups excluding carboxylic acids is 2. The average Bonchev–Trinajstić information content (AvgIpc) is 2.59. The largest absolute Gasteiger partial charge is 0.353 e. The first kappa shape index (κ1) is 21.5. The summed E-state index contributed by atoms with van der Waals surface area (Å²) < 4.78 is 0. The van der Waals surface area contributed by atoms with Gasteiger partial charge < -0.3 is 10.2 Å². The highest BCUT2D eigenvalue weighted by molar-refractivity contribution is 5.81. The van der Waals surface area contributed by atoms with Gasteiger partial charge in [0, 0.05) is 31.0 Å². The summed E-state index contributed by atoms with van der Waals surface area (Å²) in [5.41, 5.74) is 2.33. The summed E-state index contributed by atoms with van der Waals surface area (Å²) in [6.07, 6.45) is 2.95. The van der Waals surface area contributed by atoms with Gasteiger partial charge in [-0.2, -0.15) is 0 Å². The van der Waals surface area contributed by atoms with E-state index in [1.54, 1.807) is 0 Å². The second kappa shape index (κ2) is 8.45. The molecule has 2 amide bonds. The van der Waals surface area contributed by atoms with Crippen molar-refractivity contribution in [2.75, 3.05) is 13.1 Å². The number of nitrogens with one attached hydrogen (secondary N) is 1. The van der Waals surface area contributed by atoms with Crippen molar-refractivity contribution < 1.29 is 9.59 Å². The van der Waals surface area contributed by atoms with E-state index in [-0.39, 0.29) is 28.7 Å². The topological polar surface area (TPSA) is 49.4 Å². The van der Waals surface area contributed by atoms with Crippen LogP contribution in [0.25, 0.3) is 0 Å². The average molecular weight is 373 g/mol. The number of rotatable bonds is 4. The molecule has 4 heteroatoms. The Morgan fingerprint density at radius 1 is 1.00 bits per heavy atom. The van der Waals surface area contributed by atoms with E-state index >= 15 is 0 Å². The molecule has 1 aromatic rings. The Morgan fingerprint density at radius 3 is 2.04 bits per heavy atom. The van der Waals surface area contributed by atoms with Crippen LogP contribution in [0, 0.1) is 5.41 Å². The highest BCUT2D eigenvalue weighted by atomic mass is 16.2. The molecule has 0 aliphatic carbocycles. The number of benzene rings is 1. The number of piperidine rings is 1.